The molecule has 0 spiro atoms. The van der Waals surface area contributed by atoms with Gasteiger partial charge in [-0.3, -0.25) is 0 Å². The number of nitrogens with zero attached hydrogens (tertiary/aromatic N) is 1. The zero-order chi connectivity index (χ0) is 14.1. The van der Waals surface area contributed by atoms with E-state index in [2.05, 4.69) is 0 Å². The molecule has 0 aliphatic rings. The minimum atomic E-state index is -3.18. The van der Waals surface area contributed by atoms with Crippen LogP contribution in [0.5, 0.6) is 0 Å². The Labute approximate surface area is 116 Å². The van der Waals surface area contributed by atoms with E-state index < -0.39 is 10.0 Å². The number of benzene rings is 1. The molecule has 0 amide bonds. The van der Waals surface area contributed by atoms with Crippen LogP contribution < -0.4 is 5.73 Å². The Balaban J connectivity index is 2.61. The van der Waals surface area contributed by atoms with E-state index in [1.165, 1.54) is 0 Å². The molecular weight excluding hydrogens is 260 g/mol. The maximum absolute atomic E-state index is 12.3. The Bertz CT molecular complexity index is 446. The third kappa shape index (κ3) is 5.72. The Morgan fingerprint density at radius 1 is 1.16 bits per heavy atom. The van der Waals surface area contributed by atoms with Crippen molar-refractivity contribution >= 4 is 10.0 Å². The van der Waals surface area contributed by atoms with Gasteiger partial charge in [0.05, 0.1) is 5.75 Å². The van der Waals surface area contributed by atoms with Crippen LogP contribution in [0.3, 0.4) is 0 Å². The van der Waals surface area contributed by atoms with Crippen LogP contribution in [0.25, 0.3) is 0 Å². The summed E-state index contributed by atoms with van der Waals surface area (Å²) in [5, 5.41) is 0. The van der Waals surface area contributed by atoms with E-state index in [9.17, 15) is 8.42 Å². The fourth-order valence-electron chi connectivity index (χ4n) is 1.93. The van der Waals surface area contributed by atoms with Crippen LogP contribution in [0.15, 0.2) is 30.3 Å². The summed E-state index contributed by atoms with van der Waals surface area (Å²) in [4.78, 5) is 0. The van der Waals surface area contributed by atoms with Crippen molar-refractivity contribution in [1.82, 2.24) is 4.31 Å². The van der Waals surface area contributed by atoms with E-state index in [1.807, 2.05) is 37.3 Å². The molecule has 0 heterocycles. The minimum absolute atomic E-state index is 0.168. The van der Waals surface area contributed by atoms with Crippen molar-refractivity contribution < 1.29 is 8.42 Å². The molecule has 1 aromatic carbocycles. The van der Waals surface area contributed by atoms with Crippen LogP contribution in [-0.4, -0.2) is 38.1 Å². The molecule has 19 heavy (non-hydrogen) atoms. The van der Waals surface area contributed by atoms with E-state index >= 15 is 0 Å². The topological polar surface area (TPSA) is 63.4 Å². The van der Waals surface area contributed by atoms with Crippen molar-refractivity contribution in [3.05, 3.63) is 35.9 Å². The van der Waals surface area contributed by atoms with Gasteiger partial charge in [-0.15, -0.1) is 0 Å². The van der Waals surface area contributed by atoms with Crippen LogP contribution in [0, 0.1) is 0 Å². The van der Waals surface area contributed by atoms with E-state index in [0.717, 1.165) is 12.0 Å². The standard InChI is InChI=1S/C14H24N2O2S/c1-2-11-16(12-6-10-15)19(17,18)13-9-14-7-4-3-5-8-14/h3-5,7-8H,2,6,9-13,15H2,1H3. The van der Waals surface area contributed by atoms with Crippen LogP contribution in [0.1, 0.15) is 25.3 Å². The fourth-order valence-corrected chi connectivity index (χ4v) is 3.55. The Kier molecular flexibility index (Phi) is 7.05. The molecule has 5 heteroatoms. The van der Waals surface area contributed by atoms with Crippen LogP contribution in [0.2, 0.25) is 0 Å². The number of sulfonamides is 1. The Morgan fingerprint density at radius 2 is 1.84 bits per heavy atom. The van der Waals surface area contributed by atoms with Gasteiger partial charge in [0.25, 0.3) is 0 Å². The van der Waals surface area contributed by atoms with Crippen LogP contribution in [-0.2, 0) is 16.4 Å². The number of hydrogen-bond donors (Lipinski definition) is 1. The molecule has 0 atom stereocenters. The summed E-state index contributed by atoms with van der Waals surface area (Å²) in [6, 6.07) is 9.71. The second-order valence-electron chi connectivity index (χ2n) is 4.59. The van der Waals surface area contributed by atoms with Crippen molar-refractivity contribution in [2.75, 3.05) is 25.4 Å². The molecule has 0 saturated carbocycles. The molecule has 1 rings (SSSR count). The van der Waals surface area contributed by atoms with Crippen molar-refractivity contribution in [2.45, 2.75) is 26.2 Å². The molecule has 2 N–H and O–H groups in total. The summed E-state index contributed by atoms with van der Waals surface area (Å²) in [7, 11) is -3.18. The highest BCUT2D eigenvalue weighted by atomic mass is 32.2. The van der Waals surface area contributed by atoms with Gasteiger partial charge in [0.15, 0.2) is 0 Å². The van der Waals surface area contributed by atoms with E-state index in [1.54, 1.807) is 4.31 Å². The average Bonchev–Trinajstić information content (AvgIpc) is 2.42. The largest absolute Gasteiger partial charge is 0.330 e. The zero-order valence-electron chi connectivity index (χ0n) is 11.6. The molecule has 0 bridgehead atoms. The lowest BCUT2D eigenvalue weighted by Gasteiger charge is -2.21. The van der Waals surface area contributed by atoms with Gasteiger partial charge in [-0.1, -0.05) is 37.3 Å². The molecule has 0 radical (unpaired) electrons. The maximum Gasteiger partial charge on any atom is 0.214 e. The zero-order valence-corrected chi connectivity index (χ0v) is 12.4. The summed E-state index contributed by atoms with van der Waals surface area (Å²) < 4.78 is 26.1. The van der Waals surface area contributed by atoms with Gasteiger partial charge < -0.3 is 5.73 Å². The first kappa shape index (κ1) is 16.1. The van der Waals surface area contributed by atoms with E-state index in [0.29, 0.717) is 32.5 Å². The lowest BCUT2D eigenvalue weighted by Crippen LogP contribution is -2.35. The van der Waals surface area contributed by atoms with Crippen molar-refractivity contribution in [2.24, 2.45) is 5.73 Å². The third-order valence-corrected chi connectivity index (χ3v) is 4.84. The summed E-state index contributed by atoms with van der Waals surface area (Å²) in [5.74, 6) is 0.168. The molecule has 1 aromatic rings. The quantitative estimate of drug-likeness (QED) is 0.749. The summed E-state index contributed by atoms with van der Waals surface area (Å²) >= 11 is 0. The predicted octanol–water partition coefficient (Wildman–Crippen LogP) is 1.62. The second kappa shape index (κ2) is 8.30. The highest BCUT2D eigenvalue weighted by molar-refractivity contribution is 7.89. The lowest BCUT2D eigenvalue weighted by molar-refractivity contribution is 0.406. The Morgan fingerprint density at radius 3 is 2.42 bits per heavy atom. The van der Waals surface area contributed by atoms with Gasteiger partial charge in [-0.2, -0.15) is 0 Å². The summed E-state index contributed by atoms with van der Waals surface area (Å²) in [6.07, 6.45) is 2.10. The number of hydrogen-bond acceptors (Lipinski definition) is 3. The molecule has 0 aliphatic carbocycles. The van der Waals surface area contributed by atoms with Gasteiger partial charge >= 0.3 is 0 Å². The molecule has 0 aromatic heterocycles. The van der Waals surface area contributed by atoms with Gasteiger partial charge in [0, 0.05) is 13.1 Å². The molecule has 0 unspecified atom stereocenters. The van der Waals surface area contributed by atoms with Crippen molar-refractivity contribution in [3.63, 3.8) is 0 Å². The fraction of sp³-hybridized carbons (Fsp3) is 0.571. The molecule has 108 valence electrons. The highest BCUT2D eigenvalue weighted by Crippen LogP contribution is 2.08. The molecule has 0 saturated heterocycles. The second-order valence-corrected chi connectivity index (χ2v) is 6.68. The predicted molar refractivity (Wildman–Crippen MR) is 79.5 cm³/mol. The minimum Gasteiger partial charge on any atom is -0.330 e. The first-order chi connectivity index (χ1) is 9.10. The van der Waals surface area contributed by atoms with Gasteiger partial charge in [0.2, 0.25) is 10.0 Å². The number of aryl methyl sites for hydroxylation is 1. The monoisotopic (exact) mass is 284 g/mol. The maximum atomic E-state index is 12.3. The molecule has 0 aliphatic heterocycles. The first-order valence-corrected chi connectivity index (χ1v) is 8.43. The first-order valence-electron chi connectivity index (χ1n) is 6.82. The number of rotatable bonds is 9. The molecular formula is C14H24N2O2S. The SMILES string of the molecule is CCCN(CCCN)S(=O)(=O)CCc1ccccc1. The van der Waals surface area contributed by atoms with E-state index in [4.69, 9.17) is 5.73 Å². The van der Waals surface area contributed by atoms with Crippen LogP contribution in [0.4, 0.5) is 0 Å². The lowest BCUT2D eigenvalue weighted by atomic mass is 10.2. The van der Waals surface area contributed by atoms with Gasteiger partial charge in [-0.05, 0) is 31.4 Å². The van der Waals surface area contributed by atoms with Gasteiger partial charge in [-0.25, -0.2) is 12.7 Å². The third-order valence-electron chi connectivity index (χ3n) is 2.97. The average molecular weight is 284 g/mol. The highest BCUT2D eigenvalue weighted by Gasteiger charge is 2.20. The van der Waals surface area contributed by atoms with Crippen molar-refractivity contribution in [1.29, 1.82) is 0 Å². The normalized spacial score (nSPS) is 11.9. The smallest absolute Gasteiger partial charge is 0.214 e. The van der Waals surface area contributed by atoms with Gasteiger partial charge in [0.1, 0.15) is 0 Å². The van der Waals surface area contributed by atoms with E-state index in [-0.39, 0.29) is 5.75 Å². The summed E-state index contributed by atoms with van der Waals surface area (Å²) in [5.41, 5.74) is 6.52. The van der Waals surface area contributed by atoms with Crippen LogP contribution >= 0.6 is 0 Å². The molecule has 4 nitrogen and oxygen atoms in total. The number of nitrogens with two attached hydrogens (primary N) is 1. The summed E-state index contributed by atoms with van der Waals surface area (Å²) in [6.45, 7) is 3.62. The Hall–Kier alpha value is -0.910. The molecule has 0 fully saturated rings. The van der Waals surface area contributed by atoms with Crippen molar-refractivity contribution in [3.8, 4) is 0 Å².